The van der Waals surface area contributed by atoms with Crippen LogP contribution in [0.1, 0.15) is 0 Å². The van der Waals surface area contributed by atoms with E-state index in [1.165, 1.54) is 29.3 Å². The van der Waals surface area contributed by atoms with Gasteiger partial charge < -0.3 is 0 Å². The number of non-ortho nitro benzene ring substituents is 1. The van der Waals surface area contributed by atoms with E-state index in [1.807, 2.05) is 0 Å². The van der Waals surface area contributed by atoms with Crippen molar-refractivity contribution in [3.63, 3.8) is 0 Å². The second kappa shape index (κ2) is 7.91. The number of benzene rings is 3. The quantitative estimate of drug-likeness (QED) is 0.344. The molecule has 10 nitrogen and oxygen atoms in total. The highest BCUT2D eigenvalue weighted by atomic mass is 16.6. The molecule has 0 aliphatic rings. The molecule has 0 radical (unpaired) electrons. The predicted molar refractivity (Wildman–Crippen MR) is 104 cm³/mol. The van der Waals surface area contributed by atoms with Gasteiger partial charge in [-0.1, -0.05) is 18.2 Å². The molecule has 140 valence electrons. The van der Waals surface area contributed by atoms with Crippen molar-refractivity contribution in [3.8, 4) is 0 Å². The Balaban J connectivity index is 2.10. The molecule has 0 amide bonds. The molecule has 0 bridgehead atoms. The third-order valence-corrected chi connectivity index (χ3v) is 3.84. The molecule has 0 spiro atoms. The van der Waals surface area contributed by atoms with Gasteiger partial charge in [-0.15, -0.1) is 4.91 Å². The Labute approximate surface area is 158 Å². The fourth-order valence-corrected chi connectivity index (χ4v) is 2.53. The van der Waals surface area contributed by atoms with Crippen LogP contribution in [0, 0.1) is 25.1 Å². The van der Waals surface area contributed by atoms with E-state index in [-0.39, 0.29) is 17.1 Å². The summed E-state index contributed by atoms with van der Waals surface area (Å²) in [6.07, 6.45) is 0. The van der Waals surface area contributed by atoms with Gasteiger partial charge in [0.25, 0.3) is 5.69 Å². The van der Waals surface area contributed by atoms with Crippen LogP contribution < -0.4 is 10.4 Å². The van der Waals surface area contributed by atoms with Gasteiger partial charge in [0.05, 0.1) is 27.3 Å². The first-order valence-electron chi connectivity index (χ1n) is 7.97. The molecule has 10 heteroatoms. The van der Waals surface area contributed by atoms with E-state index in [0.29, 0.717) is 11.4 Å². The van der Waals surface area contributed by atoms with Crippen molar-refractivity contribution in [2.45, 2.75) is 0 Å². The zero-order valence-corrected chi connectivity index (χ0v) is 14.3. The monoisotopic (exact) mass is 379 g/mol. The van der Waals surface area contributed by atoms with E-state index in [4.69, 9.17) is 0 Å². The summed E-state index contributed by atoms with van der Waals surface area (Å²) in [5.74, 6) is 0. The van der Waals surface area contributed by atoms with E-state index >= 15 is 0 Å². The maximum atomic E-state index is 11.5. The summed E-state index contributed by atoms with van der Waals surface area (Å²) in [5, 5.41) is 26.8. The van der Waals surface area contributed by atoms with Gasteiger partial charge in [-0.2, -0.15) is 0 Å². The molecule has 0 aliphatic carbocycles. The average molecular weight is 379 g/mol. The minimum Gasteiger partial charge on any atom is -0.294 e. The van der Waals surface area contributed by atoms with Crippen molar-refractivity contribution in [2.24, 2.45) is 5.18 Å². The van der Waals surface area contributed by atoms with Gasteiger partial charge in [0.15, 0.2) is 0 Å². The lowest BCUT2D eigenvalue weighted by atomic mass is 10.2. The first-order chi connectivity index (χ1) is 13.5. The van der Waals surface area contributed by atoms with Gasteiger partial charge in [-0.05, 0) is 47.6 Å². The zero-order valence-electron chi connectivity index (χ0n) is 14.3. The van der Waals surface area contributed by atoms with E-state index < -0.39 is 15.5 Å². The van der Waals surface area contributed by atoms with E-state index in [1.54, 1.807) is 42.5 Å². The molecule has 3 aromatic rings. The topological polar surface area (TPSA) is 131 Å². The van der Waals surface area contributed by atoms with Crippen molar-refractivity contribution in [2.75, 3.05) is 10.4 Å². The summed E-state index contributed by atoms with van der Waals surface area (Å²) >= 11 is 0. The number of hydrazine groups is 1. The molecule has 0 saturated heterocycles. The molecule has 0 unspecified atom stereocenters. The van der Waals surface area contributed by atoms with Crippen LogP contribution in [0.2, 0.25) is 0 Å². The van der Waals surface area contributed by atoms with Gasteiger partial charge in [0.1, 0.15) is 11.4 Å². The van der Waals surface area contributed by atoms with Crippen molar-refractivity contribution in [1.82, 2.24) is 0 Å². The number of rotatable bonds is 7. The number of nitro benzene ring substituents is 2. The molecule has 3 rings (SSSR count). The molecule has 0 atom stereocenters. The lowest BCUT2D eigenvalue weighted by molar-refractivity contribution is -0.393. The Morgan fingerprint density at radius 3 is 2.11 bits per heavy atom. The molecule has 0 aromatic heterocycles. The molecular formula is C18H13N5O5. The van der Waals surface area contributed by atoms with Crippen LogP contribution in [0.3, 0.4) is 0 Å². The van der Waals surface area contributed by atoms with Crippen LogP contribution in [0.25, 0.3) is 0 Å². The Morgan fingerprint density at radius 2 is 1.54 bits per heavy atom. The smallest absolute Gasteiger partial charge is 0.294 e. The van der Waals surface area contributed by atoms with E-state index in [2.05, 4.69) is 10.6 Å². The normalized spacial score (nSPS) is 10.1. The van der Waals surface area contributed by atoms with Crippen molar-refractivity contribution in [3.05, 3.63) is 97.9 Å². The maximum absolute atomic E-state index is 11.5. The fraction of sp³-hybridized carbons (Fsp3) is 0. The van der Waals surface area contributed by atoms with Crippen LogP contribution >= 0.6 is 0 Å². The van der Waals surface area contributed by atoms with Gasteiger partial charge in [-0.25, -0.2) is 5.01 Å². The largest absolute Gasteiger partial charge is 0.301 e. The third-order valence-electron chi connectivity index (χ3n) is 3.84. The summed E-state index contributed by atoms with van der Waals surface area (Å²) in [6.45, 7) is 0. The summed E-state index contributed by atoms with van der Waals surface area (Å²) in [7, 11) is 0. The Hall–Kier alpha value is -4.34. The highest BCUT2D eigenvalue weighted by Crippen LogP contribution is 2.36. The molecule has 28 heavy (non-hydrogen) atoms. The zero-order chi connectivity index (χ0) is 20.1. The number of hydrogen-bond donors (Lipinski definition) is 1. The molecule has 0 heterocycles. The van der Waals surface area contributed by atoms with Crippen LogP contribution in [-0.4, -0.2) is 9.85 Å². The minimum absolute atomic E-state index is 0.111. The number of nitrogens with one attached hydrogen (secondary N) is 1. The Morgan fingerprint density at radius 1 is 0.857 bits per heavy atom. The van der Waals surface area contributed by atoms with Crippen molar-refractivity contribution < 1.29 is 9.85 Å². The summed E-state index contributed by atoms with van der Waals surface area (Å²) in [5.41, 5.74) is 3.65. The first-order valence-corrected chi connectivity index (χ1v) is 7.97. The van der Waals surface area contributed by atoms with Gasteiger partial charge in [0.2, 0.25) is 0 Å². The summed E-state index contributed by atoms with van der Waals surface area (Å²) < 4.78 is 0. The van der Waals surface area contributed by atoms with Crippen LogP contribution in [0.15, 0.2) is 78.0 Å². The minimum atomic E-state index is -0.692. The number of para-hydroxylation sites is 1. The third kappa shape index (κ3) is 3.90. The van der Waals surface area contributed by atoms with Gasteiger partial charge in [-0.3, -0.25) is 25.7 Å². The number of anilines is 3. The standard InChI is InChI=1S/C18H13N5O5/c24-20-14-8-6-13(7-9-14)19-21(15-4-2-1-3-5-15)17-11-10-16(22(25)26)12-18(17)23(27)28/h1-12,19H. The Bertz CT molecular complexity index is 1020. The van der Waals surface area contributed by atoms with Crippen molar-refractivity contribution >= 4 is 34.1 Å². The van der Waals surface area contributed by atoms with E-state index in [0.717, 1.165) is 6.07 Å². The summed E-state index contributed by atoms with van der Waals surface area (Å²) in [6, 6.07) is 18.3. The molecule has 3 aromatic carbocycles. The summed E-state index contributed by atoms with van der Waals surface area (Å²) in [4.78, 5) is 31.8. The lowest BCUT2D eigenvalue weighted by Gasteiger charge is -2.26. The van der Waals surface area contributed by atoms with Crippen LogP contribution in [-0.2, 0) is 0 Å². The highest BCUT2D eigenvalue weighted by molar-refractivity contribution is 5.77. The number of nitrogens with zero attached hydrogens (tertiary/aromatic N) is 4. The molecule has 0 aliphatic heterocycles. The van der Waals surface area contributed by atoms with Crippen LogP contribution in [0.5, 0.6) is 0 Å². The second-order valence-electron chi connectivity index (χ2n) is 5.61. The number of nitroso groups, excluding NO2 is 1. The number of nitro groups is 2. The first kappa shape index (κ1) is 18.5. The van der Waals surface area contributed by atoms with E-state index in [9.17, 15) is 25.1 Å². The SMILES string of the molecule is O=Nc1ccc(NN(c2ccccc2)c2ccc([N+](=O)[O-])cc2[N+](=O)[O-])cc1. The Kier molecular flexibility index (Phi) is 5.21. The highest BCUT2D eigenvalue weighted by Gasteiger charge is 2.24. The fourth-order valence-electron chi connectivity index (χ4n) is 2.53. The molecular weight excluding hydrogens is 366 g/mol. The molecule has 1 N–H and O–H groups in total. The molecule has 0 saturated carbocycles. The second-order valence-corrected chi connectivity index (χ2v) is 5.61. The molecule has 0 fully saturated rings. The number of hydrogen-bond acceptors (Lipinski definition) is 8. The maximum Gasteiger partial charge on any atom is 0.301 e. The lowest BCUT2D eigenvalue weighted by Crippen LogP contribution is -2.25. The predicted octanol–water partition coefficient (Wildman–Crippen LogP) is 5.07. The van der Waals surface area contributed by atoms with Gasteiger partial charge >= 0.3 is 5.69 Å². The van der Waals surface area contributed by atoms with Gasteiger partial charge in [0, 0.05) is 6.07 Å². The van der Waals surface area contributed by atoms with Crippen LogP contribution in [0.4, 0.5) is 34.1 Å². The van der Waals surface area contributed by atoms with Crippen molar-refractivity contribution in [1.29, 1.82) is 0 Å². The average Bonchev–Trinajstić information content (AvgIpc) is 2.72.